The van der Waals surface area contributed by atoms with Crippen LogP contribution >= 0.6 is 0 Å². The molecule has 5 heteroatoms. The molecule has 2 fully saturated rings. The molecule has 1 atom stereocenters. The predicted octanol–water partition coefficient (Wildman–Crippen LogP) is -1.18. The van der Waals surface area contributed by atoms with Crippen molar-refractivity contribution in [3.05, 3.63) is 0 Å². The van der Waals surface area contributed by atoms with E-state index in [0.717, 1.165) is 12.8 Å². The average Bonchev–Trinajstić information content (AvgIpc) is 2.89. The zero-order valence-corrected chi connectivity index (χ0v) is 8.03. The summed E-state index contributed by atoms with van der Waals surface area (Å²) >= 11 is 0. The number of rotatable bonds is 3. The van der Waals surface area contributed by atoms with E-state index in [4.69, 9.17) is 5.73 Å². The van der Waals surface area contributed by atoms with Crippen LogP contribution in [0.2, 0.25) is 0 Å². The van der Waals surface area contributed by atoms with Crippen molar-refractivity contribution in [3.8, 4) is 0 Å². The van der Waals surface area contributed by atoms with Crippen LogP contribution in [-0.4, -0.2) is 41.9 Å². The fraction of sp³-hybridized carbons (Fsp3) is 0.778. The van der Waals surface area contributed by atoms with Crippen LogP contribution in [0, 0.1) is 0 Å². The maximum atomic E-state index is 11.4. The number of nitrogens with one attached hydrogen (secondary N) is 1. The van der Waals surface area contributed by atoms with E-state index in [0.29, 0.717) is 19.0 Å². The maximum Gasteiger partial charge on any atom is 0.240 e. The van der Waals surface area contributed by atoms with E-state index >= 15 is 0 Å². The first-order chi connectivity index (χ1) is 6.66. The molecule has 1 unspecified atom stereocenters. The molecular formula is C9H15N3O2. The number of amides is 2. The third-order valence-electron chi connectivity index (χ3n) is 2.62. The lowest BCUT2D eigenvalue weighted by Crippen LogP contribution is -2.41. The second kappa shape index (κ2) is 3.57. The van der Waals surface area contributed by atoms with E-state index in [9.17, 15) is 9.59 Å². The van der Waals surface area contributed by atoms with E-state index < -0.39 is 6.04 Å². The zero-order chi connectivity index (χ0) is 10.1. The highest BCUT2D eigenvalue weighted by Crippen LogP contribution is 2.18. The van der Waals surface area contributed by atoms with Crippen molar-refractivity contribution in [1.82, 2.24) is 10.2 Å². The molecule has 1 aliphatic heterocycles. The van der Waals surface area contributed by atoms with Crippen LogP contribution < -0.4 is 11.1 Å². The minimum Gasteiger partial charge on any atom is -0.352 e. The normalized spacial score (nSPS) is 26.8. The van der Waals surface area contributed by atoms with Gasteiger partial charge in [-0.2, -0.15) is 0 Å². The Balaban J connectivity index is 1.78. The van der Waals surface area contributed by atoms with Gasteiger partial charge < -0.3 is 16.0 Å². The van der Waals surface area contributed by atoms with Crippen LogP contribution in [0.25, 0.3) is 0 Å². The Bertz CT molecular complexity index is 263. The first-order valence-corrected chi connectivity index (χ1v) is 5.00. The minimum absolute atomic E-state index is 0.0602. The predicted molar refractivity (Wildman–Crippen MR) is 50.3 cm³/mol. The summed E-state index contributed by atoms with van der Waals surface area (Å²) in [5.74, 6) is -0.161. The van der Waals surface area contributed by atoms with E-state index in [-0.39, 0.29) is 18.4 Å². The number of carbonyl (C=O) groups excluding carboxylic acids is 2. The van der Waals surface area contributed by atoms with Gasteiger partial charge in [0.2, 0.25) is 11.8 Å². The molecule has 14 heavy (non-hydrogen) atoms. The molecule has 1 saturated heterocycles. The molecule has 2 amide bonds. The summed E-state index contributed by atoms with van der Waals surface area (Å²) in [6.45, 7) is 0.779. The molecule has 2 rings (SSSR count). The first-order valence-electron chi connectivity index (χ1n) is 5.00. The topological polar surface area (TPSA) is 75.4 Å². The highest BCUT2D eigenvalue weighted by molar-refractivity contribution is 5.89. The van der Waals surface area contributed by atoms with E-state index in [2.05, 4.69) is 5.32 Å². The molecule has 1 aliphatic carbocycles. The summed E-state index contributed by atoms with van der Waals surface area (Å²) in [6.07, 6.45) is 2.80. The quantitative estimate of drug-likeness (QED) is 0.598. The highest BCUT2D eigenvalue weighted by Gasteiger charge is 2.31. The van der Waals surface area contributed by atoms with Crippen molar-refractivity contribution >= 4 is 11.8 Å². The number of carbonyl (C=O) groups is 2. The Kier molecular flexibility index (Phi) is 2.41. The summed E-state index contributed by atoms with van der Waals surface area (Å²) in [4.78, 5) is 24.2. The third-order valence-corrected chi connectivity index (χ3v) is 2.62. The second-order valence-corrected chi connectivity index (χ2v) is 4.00. The van der Waals surface area contributed by atoms with Gasteiger partial charge in [-0.3, -0.25) is 9.59 Å². The van der Waals surface area contributed by atoms with Gasteiger partial charge in [0.25, 0.3) is 0 Å². The summed E-state index contributed by atoms with van der Waals surface area (Å²) in [5.41, 5.74) is 5.54. The standard InChI is InChI=1S/C9H15N3O2/c10-7-3-4-12(9(7)14)5-8(13)11-6-1-2-6/h6-7H,1-5,10H2,(H,11,13). The molecule has 0 aromatic heterocycles. The molecule has 0 radical (unpaired) electrons. The number of hydrogen-bond donors (Lipinski definition) is 2. The van der Waals surface area contributed by atoms with Gasteiger partial charge in [0.15, 0.2) is 0 Å². The fourth-order valence-corrected chi connectivity index (χ4v) is 1.59. The van der Waals surface area contributed by atoms with Gasteiger partial charge in [0.1, 0.15) is 0 Å². The largest absolute Gasteiger partial charge is 0.352 e. The van der Waals surface area contributed by atoms with Crippen LogP contribution in [-0.2, 0) is 9.59 Å². The minimum atomic E-state index is -0.399. The molecule has 0 bridgehead atoms. The number of nitrogens with zero attached hydrogens (tertiary/aromatic N) is 1. The summed E-state index contributed by atoms with van der Waals surface area (Å²) < 4.78 is 0. The molecule has 0 aromatic rings. The van der Waals surface area contributed by atoms with Gasteiger partial charge in [0, 0.05) is 12.6 Å². The van der Waals surface area contributed by atoms with Gasteiger partial charge in [-0.1, -0.05) is 0 Å². The van der Waals surface area contributed by atoms with Gasteiger partial charge in [-0.05, 0) is 19.3 Å². The van der Waals surface area contributed by atoms with Crippen LogP contribution in [0.15, 0.2) is 0 Å². The molecule has 3 N–H and O–H groups in total. The maximum absolute atomic E-state index is 11.4. The van der Waals surface area contributed by atoms with Gasteiger partial charge in [-0.25, -0.2) is 0 Å². The van der Waals surface area contributed by atoms with Crippen LogP contribution in [0.3, 0.4) is 0 Å². The van der Waals surface area contributed by atoms with Gasteiger partial charge >= 0.3 is 0 Å². The van der Waals surface area contributed by atoms with Crippen LogP contribution in [0.1, 0.15) is 19.3 Å². The monoisotopic (exact) mass is 197 g/mol. The zero-order valence-electron chi connectivity index (χ0n) is 8.03. The molecule has 1 saturated carbocycles. The van der Waals surface area contributed by atoms with Crippen molar-refractivity contribution in [2.24, 2.45) is 5.73 Å². The van der Waals surface area contributed by atoms with Gasteiger partial charge in [0.05, 0.1) is 12.6 Å². The lowest BCUT2D eigenvalue weighted by atomic mass is 10.3. The summed E-state index contributed by atoms with van der Waals surface area (Å²) in [6, 6.07) is -0.0439. The fourth-order valence-electron chi connectivity index (χ4n) is 1.59. The molecule has 5 nitrogen and oxygen atoms in total. The Morgan fingerprint density at radius 3 is 2.71 bits per heavy atom. The van der Waals surface area contributed by atoms with Crippen LogP contribution in [0.5, 0.6) is 0 Å². The average molecular weight is 197 g/mol. The first kappa shape index (κ1) is 9.45. The highest BCUT2D eigenvalue weighted by atomic mass is 16.2. The van der Waals surface area contributed by atoms with Crippen molar-refractivity contribution < 1.29 is 9.59 Å². The third kappa shape index (κ3) is 2.04. The van der Waals surface area contributed by atoms with Crippen LogP contribution in [0.4, 0.5) is 0 Å². The summed E-state index contributed by atoms with van der Waals surface area (Å²) in [5, 5.41) is 2.84. The smallest absolute Gasteiger partial charge is 0.240 e. The van der Waals surface area contributed by atoms with Crippen molar-refractivity contribution in [1.29, 1.82) is 0 Å². The van der Waals surface area contributed by atoms with E-state index in [1.54, 1.807) is 0 Å². The summed E-state index contributed by atoms with van der Waals surface area (Å²) in [7, 11) is 0. The second-order valence-electron chi connectivity index (χ2n) is 4.00. The van der Waals surface area contributed by atoms with Crippen molar-refractivity contribution in [3.63, 3.8) is 0 Å². The lowest BCUT2D eigenvalue weighted by molar-refractivity contribution is -0.133. The Morgan fingerprint density at radius 2 is 2.21 bits per heavy atom. The molecule has 0 spiro atoms. The number of hydrogen-bond acceptors (Lipinski definition) is 3. The van der Waals surface area contributed by atoms with E-state index in [1.807, 2.05) is 0 Å². The molecule has 2 aliphatic rings. The Morgan fingerprint density at radius 1 is 1.50 bits per heavy atom. The SMILES string of the molecule is NC1CCN(CC(=O)NC2CC2)C1=O. The Hall–Kier alpha value is -1.10. The molecular weight excluding hydrogens is 182 g/mol. The van der Waals surface area contributed by atoms with Gasteiger partial charge in [-0.15, -0.1) is 0 Å². The molecule has 1 heterocycles. The molecule has 78 valence electrons. The van der Waals surface area contributed by atoms with Crippen molar-refractivity contribution in [2.75, 3.05) is 13.1 Å². The molecule has 0 aromatic carbocycles. The van der Waals surface area contributed by atoms with Crippen molar-refractivity contribution in [2.45, 2.75) is 31.3 Å². The number of likely N-dealkylation sites (tertiary alicyclic amines) is 1. The Labute approximate surface area is 82.6 Å². The van der Waals surface area contributed by atoms with E-state index in [1.165, 1.54) is 4.90 Å². The lowest BCUT2D eigenvalue weighted by Gasteiger charge is -2.15. The number of nitrogens with two attached hydrogens (primary N) is 1.